The quantitative estimate of drug-likeness (QED) is 0.411. The summed E-state index contributed by atoms with van der Waals surface area (Å²) in [6.07, 6.45) is 9.62. The van der Waals surface area contributed by atoms with Crippen LogP contribution in [0, 0.1) is 6.92 Å². The van der Waals surface area contributed by atoms with Crippen LogP contribution in [-0.4, -0.2) is 43.6 Å². The fourth-order valence-corrected chi connectivity index (χ4v) is 5.02. The Morgan fingerprint density at radius 3 is 2.37 bits per heavy atom. The van der Waals surface area contributed by atoms with Crippen molar-refractivity contribution >= 4 is 33.5 Å². The fraction of sp³-hybridized carbons (Fsp3) is 0.476. The third kappa shape index (κ3) is 5.13. The molecule has 0 radical (unpaired) electrons. The van der Waals surface area contributed by atoms with Gasteiger partial charge in [0.05, 0.1) is 4.90 Å². The molecule has 0 spiro atoms. The number of nitrogens with zero attached hydrogens (tertiary/aromatic N) is 3. The van der Waals surface area contributed by atoms with Gasteiger partial charge in [-0.3, -0.25) is 9.10 Å². The molecule has 0 saturated heterocycles. The molecule has 30 heavy (non-hydrogen) atoms. The summed E-state index contributed by atoms with van der Waals surface area (Å²) in [6.45, 7) is 1.89. The predicted octanol–water partition coefficient (Wildman–Crippen LogP) is 3.78. The summed E-state index contributed by atoms with van der Waals surface area (Å²) < 4.78 is 27.4. The van der Waals surface area contributed by atoms with Gasteiger partial charge in [-0.15, -0.1) is 0 Å². The van der Waals surface area contributed by atoms with Crippen molar-refractivity contribution < 1.29 is 13.2 Å². The molecule has 1 N–H and O–H groups in total. The van der Waals surface area contributed by atoms with Crippen molar-refractivity contribution in [1.82, 2.24) is 15.3 Å². The van der Waals surface area contributed by atoms with Crippen LogP contribution in [0.1, 0.15) is 54.4 Å². The largest absolute Gasteiger partial charge is 0.349 e. The standard InChI is InChI=1S/C21H28N4O3S2/c1-15-10-12-17(13-11-15)30(27,28)25(2)19-18(14-22-21(24-19)29-3)20(26)23-16-8-6-4-5-7-9-16/h10-14,16H,4-9H2,1-3H3,(H,23,26). The van der Waals surface area contributed by atoms with Crippen molar-refractivity contribution in [3.63, 3.8) is 0 Å². The van der Waals surface area contributed by atoms with Gasteiger partial charge in [-0.05, 0) is 38.2 Å². The Morgan fingerprint density at radius 2 is 1.77 bits per heavy atom. The van der Waals surface area contributed by atoms with Gasteiger partial charge in [-0.1, -0.05) is 55.1 Å². The van der Waals surface area contributed by atoms with E-state index in [1.54, 1.807) is 30.5 Å². The number of carbonyl (C=O) groups excluding carboxylic acids is 1. The van der Waals surface area contributed by atoms with Gasteiger partial charge in [0.2, 0.25) is 0 Å². The highest BCUT2D eigenvalue weighted by atomic mass is 32.2. The normalized spacial score (nSPS) is 15.4. The van der Waals surface area contributed by atoms with Gasteiger partial charge in [0.15, 0.2) is 11.0 Å². The number of aryl methyl sites for hydroxylation is 1. The summed E-state index contributed by atoms with van der Waals surface area (Å²) in [7, 11) is -2.45. The topological polar surface area (TPSA) is 92.3 Å². The van der Waals surface area contributed by atoms with Crippen LogP contribution in [0.4, 0.5) is 5.82 Å². The molecule has 0 atom stereocenters. The van der Waals surface area contributed by atoms with Crippen LogP contribution in [0.25, 0.3) is 0 Å². The highest BCUT2D eigenvalue weighted by molar-refractivity contribution is 7.98. The molecule has 1 fully saturated rings. The first-order chi connectivity index (χ1) is 14.3. The smallest absolute Gasteiger partial charge is 0.265 e. The van der Waals surface area contributed by atoms with Crippen molar-refractivity contribution in [2.75, 3.05) is 17.6 Å². The zero-order chi connectivity index (χ0) is 21.7. The number of hydrogen-bond acceptors (Lipinski definition) is 6. The van der Waals surface area contributed by atoms with E-state index in [4.69, 9.17) is 0 Å². The minimum Gasteiger partial charge on any atom is -0.349 e. The molecule has 1 amide bonds. The van der Waals surface area contributed by atoms with Gasteiger partial charge >= 0.3 is 0 Å². The summed E-state index contributed by atoms with van der Waals surface area (Å²) in [5, 5.41) is 3.46. The molecule has 9 heteroatoms. The highest BCUT2D eigenvalue weighted by Crippen LogP contribution is 2.26. The molecule has 0 bridgehead atoms. The lowest BCUT2D eigenvalue weighted by Gasteiger charge is -2.22. The second-order valence-corrected chi connectivity index (χ2v) is 10.3. The number of anilines is 1. The van der Waals surface area contributed by atoms with E-state index in [2.05, 4.69) is 15.3 Å². The first-order valence-corrected chi connectivity index (χ1v) is 12.8. The van der Waals surface area contributed by atoms with Crippen LogP contribution in [0.15, 0.2) is 40.5 Å². The second kappa shape index (κ2) is 9.78. The fourth-order valence-electron chi connectivity index (χ4n) is 3.52. The van der Waals surface area contributed by atoms with Gasteiger partial charge in [0.1, 0.15) is 5.56 Å². The first kappa shape index (κ1) is 22.6. The summed E-state index contributed by atoms with van der Waals surface area (Å²) in [5.74, 6) is -0.253. The second-order valence-electron chi connectivity index (χ2n) is 7.54. The zero-order valence-electron chi connectivity index (χ0n) is 17.6. The van der Waals surface area contributed by atoms with Crippen LogP contribution in [0.2, 0.25) is 0 Å². The lowest BCUT2D eigenvalue weighted by molar-refractivity contribution is 0.0933. The van der Waals surface area contributed by atoms with E-state index in [0.717, 1.165) is 35.6 Å². The summed E-state index contributed by atoms with van der Waals surface area (Å²) >= 11 is 1.29. The van der Waals surface area contributed by atoms with E-state index in [0.29, 0.717) is 5.16 Å². The molecule has 1 aliphatic carbocycles. The molecule has 3 rings (SSSR count). The van der Waals surface area contributed by atoms with Crippen molar-refractivity contribution in [1.29, 1.82) is 0 Å². The highest BCUT2D eigenvalue weighted by Gasteiger charge is 2.28. The molecule has 162 valence electrons. The third-order valence-electron chi connectivity index (χ3n) is 5.34. The van der Waals surface area contributed by atoms with Gasteiger partial charge < -0.3 is 5.32 Å². The monoisotopic (exact) mass is 448 g/mol. The van der Waals surface area contributed by atoms with Gasteiger partial charge in [0, 0.05) is 19.3 Å². The molecule has 0 aliphatic heterocycles. The van der Waals surface area contributed by atoms with E-state index >= 15 is 0 Å². The van der Waals surface area contributed by atoms with Gasteiger partial charge in [-0.2, -0.15) is 0 Å². The van der Waals surface area contributed by atoms with Crippen LogP contribution in [0.5, 0.6) is 0 Å². The number of rotatable bonds is 6. The third-order valence-corrected chi connectivity index (χ3v) is 7.67. The number of nitrogens with one attached hydrogen (secondary N) is 1. The molecular weight excluding hydrogens is 420 g/mol. The molecule has 7 nitrogen and oxygen atoms in total. The molecule has 1 aromatic heterocycles. The average molecular weight is 449 g/mol. The summed E-state index contributed by atoms with van der Waals surface area (Å²) in [5.41, 5.74) is 1.13. The van der Waals surface area contributed by atoms with E-state index in [9.17, 15) is 13.2 Å². The van der Waals surface area contributed by atoms with E-state index in [1.807, 2.05) is 6.92 Å². The number of hydrogen-bond donors (Lipinski definition) is 1. The molecule has 1 aliphatic rings. The maximum absolute atomic E-state index is 13.2. The molecular formula is C21H28N4O3S2. The maximum Gasteiger partial charge on any atom is 0.265 e. The molecule has 1 saturated carbocycles. The number of sulfonamides is 1. The molecule has 2 aromatic rings. The van der Waals surface area contributed by atoms with E-state index in [-0.39, 0.29) is 28.2 Å². The Bertz CT molecular complexity index is 986. The van der Waals surface area contributed by atoms with Gasteiger partial charge in [-0.25, -0.2) is 18.4 Å². The van der Waals surface area contributed by atoms with E-state index in [1.165, 1.54) is 37.8 Å². The lowest BCUT2D eigenvalue weighted by atomic mass is 10.1. The number of carbonyl (C=O) groups is 1. The maximum atomic E-state index is 13.2. The summed E-state index contributed by atoms with van der Waals surface area (Å²) in [4.78, 5) is 21.8. The number of benzene rings is 1. The zero-order valence-corrected chi connectivity index (χ0v) is 19.2. The van der Waals surface area contributed by atoms with E-state index < -0.39 is 10.0 Å². The van der Waals surface area contributed by atoms with Crippen LogP contribution >= 0.6 is 11.8 Å². The average Bonchev–Trinajstić information content (AvgIpc) is 3.01. The lowest BCUT2D eigenvalue weighted by Crippen LogP contribution is -2.37. The van der Waals surface area contributed by atoms with Crippen LogP contribution < -0.4 is 9.62 Å². The van der Waals surface area contributed by atoms with Crippen molar-refractivity contribution in [2.24, 2.45) is 0 Å². The Balaban J connectivity index is 1.94. The Kier molecular flexibility index (Phi) is 7.36. The van der Waals surface area contributed by atoms with Gasteiger partial charge in [0.25, 0.3) is 15.9 Å². The SMILES string of the molecule is CSc1ncc(C(=O)NC2CCCCCC2)c(N(C)S(=O)(=O)c2ccc(C)cc2)n1. The minimum atomic E-state index is -3.87. The van der Waals surface area contributed by atoms with Crippen LogP contribution in [0.3, 0.4) is 0 Å². The molecule has 0 unspecified atom stereocenters. The molecule has 1 aromatic carbocycles. The summed E-state index contributed by atoms with van der Waals surface area (Å²) in [6, 6.07) is 6.69. The van der Waals surface area contributed by atoms with Crippen molar-refractivity contribution in [3.8, 4) is 0 Å². The number of thioether (sulfide) groups is 1. The Hall–Kier alpha value is -2.13. The first-order valence-electron chi connectivity index (χ1n) is 10.1. The molecule has 1 heterocycles. The van der Waals surface area contributed by atoms with Crippen LogP contribution in [-0.2, 0) is 10.0 Å². The Morgan fingerprint density at radius 1 is 1.13 bits per heavy atom. The number of aromatic nitrogens is 2. The number of amides is 1. The minimum absolute atomic E-state index is 0.0843. The van der Waals surface area contributed by atoms with Crippen molar-refractivity contribution in [3.05, 3.63) is 41.6 Å². The predicted molar refractivity (Wildman–Crippen MR) is 120 cm³/mol. The Labute approximate surface area is 182 Å². The van der Waals surface area contributed by atoms with Crippen molar-refractivity contribution in [2.45, 2.75) is 61.5 Å².